The van der Waals surface area contributed by atoms with E-state index in [1.807, 2.05) is 19.9 Å². The van der Waals surface area contributed by atoms with Gasteiger partial charge in [0.25, 0.3) is 5.89 Å². The van der Waals surface area contributed by atoms with E-state index in [0.29, 0.717) is 17.3 Å². The van der Waals surface area contributed by atoms with Crippen LogP contribution in [0.5, 0.6) is 0 Å². The van der Waals surface area contributed by atoms with Crippen molar-refractivity contribution in [3.05, 3.63) is 35.7 Å². The molecule has 0 N–H and O–H groups in total. The van der Waals surface area contributed by atoms with E-state index in [-0.39, 0.29) is 0 Å². The fourth-order valence-corrected chi connectivity index (χ4v) is 2.19. The summed E-state index contributed by atoms with van der Waals surface area (Å²) < 4.78 is 10.9. The highest BCUT2D eigenvalue weighted by atomic mass is 16.5. The highest BCUT2D eigenvalue weighted by Gasteiger charge is 2.33. The van der Waals surface area contributed by atoms with Crippen molar-refractivity contribution in [1.82, 2.24) is 10.1 Å². The smallest absolute Gasteiger partial charge is 0.258 e. The first-order valence-electron chi connectivity index (χ1n) is 6.59. The van der Waals surface area contributed by atoms with Crippen LogP contribution in [-0.4, -0.2) is 17.3 Å². The van der Waals surface area contributed by atoms with Crippen LogP contribution in [0.25, 0.3) is 11.5 Å². The number of benzene rings is 1. The Balaban J connectivity index is 2.40. The number of nitriles is 1. The third-order valence-electron chi connectivity index (χ3n) is 3.61. The van der Waals surface area contributed by atoms with Crippen LogP contribution in [0.4, 0.5) is 0 Å². The molecule has 2 rings (SSSR count). The number of nitrogens with zero attached hydrogens (tertiary/aromatic N) is 3. The molecule has 0 aliphatic carbocycles. The monoisotopic (exact) mass is 271 g/mol. The lowest BCUT2D eigenvalue weighted by Crippen LogP contribution is -2.28. The van der Waals surface area contributed by atoms with Crippen molar-refractivity contribution in [2.75, 3.05) is 7.11 Å². The fraction of sp³-hybridized carbons (Fsp3) is 0.400. The van der Waals surface area contributed by atoms with E-state index < -0.39 is 5.60 Å². The van der Waals surface area contributed by atoms with Gasteiger partial charge in [0, 0.05) is 12.7 Å². The molecule has 0 amide bonds. The van der Waals surface area contributed by atoms with Crippen molar-refractivity contribution in [1.29, 1.82) is 5.26 Å². The molecule has 1 aromatic heterocycles. The van der Waals surface area contributed by atoms with Gasteiger partial charge in [0.2, 0.25) is 5.82 Å². The predicted molar refractivity (Wildman–Crippen MR) is 73.7 cm³/mol. The number of rotatable bonds is 5. The van der Waals surface area contributed by atoms with Gasteiger partial charge >= 0.3 is 0 Å². The lowest BCUT2D eigenvalue weighted by molar-refractivity contribution is -0.0306. The van der Waals surface area contributed by atoms with E-state index in [1.54, 1.807) is 25.3 Å². The first kappa shape index (κ1) is 14.2. The first-order valence-corrected chi connectivity index (χ1v) is 6.59. The van der Waals surface area contributed by atoms with Crippen LogP contribution in [0.15, 0.2) is 28.8 Å². The van der Waals surface area contributed by atoms with Crippen LogP contribution in [0.1, 0.15) is 38.1 Å². The molecule has 0 atom stereocenters. The Morgan fingerprint density at radius 1 is 1.35 bits per heavy atom. The summed E-state index contributed by atoms with van der Waals surface area (Å²) in [5.41, 5.74) is 0.778. The van der Waals surface area contributed by atoms with Gasteiger partial charge in [-0.1, -0.05) is 25.1 Å². The van der Waals surface area contributed by atoms with Crippen LogP contribution >= 0.6 is 0 Å². The third-order valence-corrected chi connectivity index (χ3v) is 3.61. The van der Waals surface area contributed by atoms with E-state index in [0.717, 1.165) is 18.4 Å². The summed E-state index contributed by atoms with van der Waals surface area (Å²) in [6.45, 7) is 4.05. The van der Waals surface area contributed by atoms with Crippen LogP contribution in [0.3, 0.4) is 0 Å². The fourth-order valence-electron chi connectivity index (χ4n) is 2.19. The topological polar surface area (TPSA) is 71.9 Å². The summed E-state index contributed by atoms with van der Waals surface area (Å²) >= 11 is 0. The standard InChI is InChI=1S/C15H17N3O2/c1-4-15(5-2,19-3)14-17-13(20-18-14)12-8-6-7-11(9-12)10-16/h6-9H,4-5H2,1-3H3. The van der Waals surface area contributed by atoms with Crippen molar-refractivity contribution < 1.29 is 9.26 Å². The Morgan fingerprint density at radius 2 is 2.10 bits per heavy atom. The second-order valence-corrected chi connectivity index (χ2v) is 4.52. The summed E-state index contributed by atoms with van der Waals surface area (Å²) in [4.78, 5) is 4.43. The van der Waals surface area contributed by atoms with Crippen molar-refractivity contribution in [2.45, 2.75) is 32.3 Å². The summed E-state index contributed by atoms with van der Waals surface area (Å²) in [5.74, 6) is 0.947. The zero-order valence-corrected chi connectivity index (χ0v) is 11.9. The minimum absolute atomic E-state index is 0.403. The molecule has 0 unspecified atom stereocenters. The second-order valence-electron chi connectivity index (χ2n) is 4.52. The predicted octanol–water partition coefficient (Wildman–Crippen LogP) is 3.27. The minimum Gasteiger partial charge on any atom is -0.370 e. The first-order chi connectivity index (χ1) is 9.69. The molecular formula is C15H17N3O2. The van der Waals surface area contributed by atoms with Crippen LogP contribution in [-0.2, 0) is 10.3 Å². The van der Waals surface area contributed by atoms with E-state index in [4.69, 9.17) is 14.5 Å². The normalized spacial score (nSPS) is 11.3. The van der Waals surface area contributed by atoms with Crippen LogP contribution in [0.2, 0.25) is 0 Å². The number of aromatic nitrogens is 2. The van der Waals surface area contributed by atoms with Gasteiger partial charge in [0.05, 0.1) is 11.6 Å². The molecule has 20 heavy (non-hydrogen) atoms. The van der Waals surface area contributed by atoms with Crippen LogP contribution < -0.4 is 0 Å². The Bertz CT molecular complexity index is 616. The minimum atomic E-state index is -0.519. The molecular weight excluding hydrogens is 254 g/mol. The third kappa shape index (κ3) is 2.43. The maximum Gasteiger partial charge on any atom is 0.258 e. The van der Waals surface area contributed by atoms with E-state index >= 15 is 0 Å². The lowest BCUT2D eigenvalue weighted by atomic mass is 9.96. The molecule has 1 aromatic carbocycles. The average molecular weight is 271 g/mol. The molecule has 5 heteroatoms. The summed E-state index contributed by atoms with van der Waals surface area (Å²) in [5, 5.41) is 13.0. The molecule has 0 aliphatic heterocycles. The average Bonchev–Trinajstić information content (AvgIpc) is 3.00. The quantitative estimate of drug-likeness (QED) is 0.834. The number of hydrogen-bond donors (Lipinski definition) is 0. The molecule has 0 saturated carbocycles. The number of ether oxygens (including phenoxy) is 1. The molecule has 5 nitrogen and oxygen atoms in total. The van der Waals surface area contributed by atoms with Gasteiger partial charge in [-0.2, -0.15) is 10.2 Å². The Kier molecular flexibility index (Phi) is 4.16. The van der Waals surface area contributed by atoms with E-state index in [1.165, 1.54) is 0 Å². The molecule has 0 bridgehead atoms. The molecule has 2 aromatic rings. The molecule has 0 aliphatic rings. The number of methoxy groups -OCH3 is 1. The largest absolute Gasteiger partial charge is 0.370 e. The molecule has 0 fully saturated rings. The van der Waals surface area contributed by atoms with Gasteiger partial charge in [-0.05, 0) is 31.0 Å². The molecule has 0 saturated heterocycles. The van der Waals surface area contributed by atoms with Crippen LogP contribution in [0, 0.1) is 11.3 Å². The summed E-state index contributed by atoms with van der Waals surface area (Å²) in [6, 6.07) is 9.18. The lowest BCUT2D eigenvalue weighted by Gasteiger charge is -2.25. The Morgan fingerprint density at radius 3 is 2.70 bits per heavy atom. The SMILES string of the molecule is CCC(CC)(OC)c1noc(-c2cccc(C#N)c2)n1. The van der Waals surface area contributed by atoms with E-state index in [9.17, 15) is 0 Å². The van der Waals surface area contributed by atoms with Crippen molar-refractivity contribution in [2.24, 2.45) is 0 Å². The second kappa shape index (κ2) is 5.85. The zero-order chi connectivity index (χ0) is 14.6. The Labute approximate surface area is 118 Å². The Hall–Kier alpha value is -2.19. The summed E-state index contributed by atoms with van der Waals surface area (Å²) in [6.07, 6.45) is 1.52. The molecule has 104 valence electrons. The highest BCUT2D eigenvalue weighted by molar-refractivity contribution is 5.56. The van der Waals surface area contributed by atoms with Gasteiger partial charge in [-0.3, -0.25) is 0 Å². The summed E-state index contributed by atoms with van der Waals surface area (Å²) in [7, 11) is 1.65. The zero-order valence-electron chi connectivity index (χ0n) is 11.9. The maximum absolute atomic E-state index is 8.92. The van der Waals surface area contributed by atoms with Gasteiger partial charge in [-0.25, -0.2) is 0 Å². The molecule has 1 heterocycles. The van der Waals surface area contributed by atoms with Gasteiger partial charge in [-0.15, -0.1) is 0 Å². The molecule has 0 spiro atoms. The van der Waals surface area contributed by atoms with Gasteiger partial charge < -0.3 is 9.26 Å². The van der Waals surface area contributed by atoms with E-state index in [2.05, 4.69) is 16.2 Å². The van der Waals surface area contributed by atoms with Gasteiger partial charge in [0.15, 0.2) is 0 Å². The van der Waals surface area contributed by atoms with Crippen molar-refractivity contribution >= 4 is 0 Å². The van der Waals surface area contributed by atoms with Gasteiger partial charge in [0.1, 0.15) is 5.60 Å². The number of hydrogen-bond acceptors (Lipinski definition) is 5. The maximum atomic E-state index is 8.92. The molecule has 0 radical (unpaired) electrons. The highest BCUT2D eigenvalue weighted by Crippen LogP contribution is 2.31. The van der Waals surface area contributed by atoms with Crippen molar-refractivity contribution in [3.8, 4) is 17.5 Å². The van der Waals surface area contributed by atoms with Crippen molar-refractivity contribution in [3.63, 3.8) is 0 Å².